The van der Waals surface area contributed by atoms with Gasteiger partial charge in [0.1, 0.15) is 19.6 Å². The van der Waals surface area contributed by atoms with E-state index in [1.54, 1.807) is 12.1 Å². The van der Waals surface area contributed by atoms with E-state index in [9.17, 15) is 8.78 Å². The highest BCUT2D eigenvalue weighted by atomic mass is 19.2. The summed E-state index contributed by atoms with van der Waals surface area (Å²) in [6, 6.07) is 27.3. The van der Waals surface area contributed by atoms with Crippen molar-refractivity contribution < 1.29 is 13.7 Å². The van der Waals surface area contributed by atoms with Gasteiger partial charge in [0.2, 0.25) is 0 Å². The predicted molar refractivity (Wildman–Crippen MR) is 120 cm³/mol. The molecule has 0 aliphatic heterocycles. The van der Waals surface area contributed by atoms with Gasteiger partial charge in [0, 0.05) is 23.9 Å². The average Bonchev–Trinajstić information content (AvgIpc) is 3.18. The number of hydrogen-bond donors (Lipinski definition) is 1. The zero-order valence-corrected chi connectivity index (χ0v) is 17.7. The lowest BCUT2D eigenvalue weighted by atomic mass is 10.1. The van der Waals surface area contributed by atoms with Crippen LogP contribution < -0.4 is 4.90 Å². The number of aromatic nitrogens is 1. The standard InChI is InChI=1S/C27H26F2N2/c1-21-8-5-11-23(16-21)18-31-15-7-13-25(31)20-30(17-22-9-3-2-4-10-22)19-24-12-6-14-26(28)27(24)29/h2-16H,17-20H2,1H3/p+1. The summed E-state index contributed by atoms with van der Waals surface area (Å²) in [4.78, 5) is 1.15. The molecule has 31 heavy (non-hydrogen) atoms. The van der Waals surface area contributed by atoms with Crippen LogP contribution in [-0.4, -0.2) is 4.57 Å². The van der Waals surface area contributed by atoms with Crippen LogP contribution in [0, 0.1) is 18.6 Å². The molecule has 0 bridgehead atoms. The third kappa shape index (κ3) is 5.47. The first-order valence-corrected chi connectivity index (χ1v) is 10.6. The summed E-state index contributed by atoms with van der Waals surface area (Å²) in [6.07, 6.45) is 2.08. The van der Waals surface area contributed by atoms with Crippen molar-refractivity contribution in [3.05, 3.63) is 131 Å². The maximum atomic E-state index is 14.4. The lowest BCUT2D eigenvalue weighted by molar-refractivity contribution is -0.941. The topological polar surface area (TPSA) is 9.37 Å². The molecule has 0 fully saturated rings. The van der Waals surface area contributed by atoms with E-state index in [2.05, 4.69) is 60.2 Å². The zero-order chi connectivity index (χ0) is 21.6. The first kappa shape index (κ1) is 21.0. The zero-order valence-electron chi connectivity index (χ0n) is 17.7. The molecule has 0 aliphatic rings. The number of aryl methyl sites for hydroxylation is 1. The second-order valence-corrected chi connectivity index (χ2v) is 8.10. The molecule has 2 nitrogen and oxygen atoms in total. The maximum absolute atomic E-state index is 14.4. The minimum absolute atomic E-state index is 0.405. The molecule has 0 saturated carbocycles. The summed E-state index contributed by atoms with van der Waals surface area (Å²) < 4.78 is 30.4. The van der Waals surface area contributed by atoms with E-state index in [0.717, 1.165) is 18.0 Å². The third-order valence-electron chi connectivity index (χ3n) is 5.56. The van der Waals surface area contributed by atoms with Gasteiger partial charge >= 0.3 is 0 Å². The van der Waals surface area contributed by atoms with E-state index in [1.165, 1.54) is 28.5 Å². The Morgan fingerprint density at radius 3 is 2.32 bits per heavy atom. The average molecular weight is 418 g/mol. The van der Waals surface area contributed by atoms with Crippen molar-refractivity contribution in [1.82, 2.24) is 4.57 Å². The number of halogens is 2. The Labute approximate surface area is 182 Å². The largest absolute Gasteiger partial charge is 0.342 e. The van der Waals surface area contributed by atoms with Gasteiger partial charge in [-0.2, -0.15) is 0 Å². The highest BCUT2D eigenvalue weighted by molar-refractivity contribution is 5.23. The molecule has 1 heterocycles. The molecule has 1 aromatic heterocycles. The van der Waals surface area contributed by atoms with E-state index in [-0.39, 0.29) is 0 Å². The SMILES string of the molecule is Cc1cccc(Cn2cccc2C[NH+](Cc2ccccc2)Cc2cccc(F)c2F)c1. The Kier molecular flexibility index (Phi) is 6.58. The third-order valence-corrected chi connectivity index (χ3v) is 5.56. The molecule has 0 radical (unpaired) electrons. The highest BCUT2D eigenvalue weighted by Gasteiger charge is 2.18. The summed E-state index contributed by atoms with van der Waals surface area (Å²) in [5.41, 5.74) is 5.24. The van der Waals surface area contributed by atoms with Crippen LogP contribution in [-0.2, 0) is 26.2 Å². The van der Waals surface area contributed by atoms with Crippen LogP contribution in [0.2, 0.25) is 0 Å². The molecule has 4 aromatic rings. The van der Waals surface area contributed by atoms with Crippen molar-refractivity contribution in [1.29, 1.82) is 0 Å². The van der Waals surface area contributed by atoms with Gasteiger partial charge in [-0.25, -0.2) is 8.78 Å². The van der Waals surface area contributed by atoms with E-state index in [0.29, 0.717) is 18.7 Å². The van der Waals surface area contributed by atoms with E-state index in [1.807, 2.05) is 24.3 Å². The van der Waals surface area contributed by atoms with Crippen molar-refractivity contribution in [2.75, 3.05) is 0 Å². The van der Waals surface area contributed by atoms with E-state index in [4.69, 9.17) is 0 Å². The van der Waals surface area contributed by atoms with Crippen LogP contribution in [0.15, 0.2) is 91.1 Å². The molecule has 4 rings (SSSR count). The highest BCUT2D eigenvalue weighted by Crippen LogP contribution is 2.12. The fraction of sp³-hybridized carbons (Fsp3) is 0.185. The smallest absolute Gasteiger partial charge is 0.167 e. The summed E-state index contributed by atoms with van der Waals surface area (Å²) >= 11 is 0. The van der Waals surface area contributed by atoms with Crippen LogP contribution >= 0.6 is 0 Å². The number of nitrogens with one attached hydrogen (secondary N) is 1. The van der Waals surface area contributed by atoms with Crippen molar-refractivity contribution in [2.24, 2.45) is 0 Å². The first-order valence-electron chi connectivity index (χ1n) is 10.6. The number of rotatable bonds is 8. The van der Waals surface area contributed by atoms with Gasteiger partial charge in [-0.1, -0.05) is 72.3 Å². The quantitative estimate of drug-likeness (QED) is 0.417. The summed E-state index contributed by atoms with van der Waals surface area (Å²) in [5, 5.41) is 0. The number of hydrogen-bond acceptors (Lipinski definition) is 0. The lowest BCUT2D eigenvalue weighted by Crippen LogP contribution is -3.08. The second kappa shape index (κ2) is 9.71. The lowest BCUT2D eigenvalue weighted by Gasteiger charge is -2.21. The van der Waals surface area contributed by atoms with Crippen LogP contribution in [0.5, 0.6) is 0 Å². The number of quaternary nitrogens is 1. The Hall–Kier alpha value is -3.24. The molecular formula is C27H27F2N2+. The van der Waals surface area contributed by atoms with E-state index < -0.39 is 11.6 Å². The van der Waals surface area contributed by atoms with Gasteiger partial charge < -0.3 is 9.47 Å². The summed E-state index contributed by atoms with van der Waals surface area (Å²) in [5.74, 6) is -1.54. The molecule has 1 atom stereocenters. The Bertz CT molecular complexity index is 1130. The molecule has 0 spiro atoms. The van der Waals surface area contributed by atoms with Crippen LogP contribution in [0.4, 0.5) is 8.78 Å². The van der Waals surface area contributed by atoms with Gasteiger partial charge in [0.25, 0.3) is 0 Å². The second-order valence-electron chi connectivity index (χ2n) is 8.10. The molecule has 0 amide bonds. The van der Waals surface area contributed by atoms with Crippen molar-refractivity contribution in [3.8, 4) is 0 Å². The molecular weight excluding hydrogens is 390 g/mol. The van der Waals surface area contributed by atoms with Gasteiger partial charge in [-0.05, 0) is 30.7 Å². The van der Waals surface area contributed by atoms with Crippen LogP contribution in [0.25, 0.3) is 0 Å². The number of benzene rings is 3. The van der Waals surface area contributed by atoms with Gasteiger partial charge in [-0.15, -0.1) is 0 Å². The van der Waals surface area contributed by atoms with E-state index >= 15 is 0 Å². The summed E-state index contributed by atoms with van der Waals surface area (Å²) in [7, 11) is 0. The minimum Gasteiger partial charge on any atom is -0.342 e. The van der Waals surface area contributed by atoms with Crippen molar-refractivity contribution in [3.63, 3.8) is 0 Å². The van der Waals surface area contributed by atoms with Crippen LogP contribution in [0.1, 0.15) is 27.9 Å². The van der Waals surface area contributed by atoms with Gasteiger partial charge in [0.05, 0.1) is 5.69 Å². The van der Waals surface area contributed by atoms with Crippen molar-refractivity contribution in [2.45, 2.75) is 33.1 Å². The Morgan fingerprint density at radius 2 is 1.52 bits per heavy atom. The van der Waals surface area contributed by atoms with Crippen molar-refractivity contribution >= 4 is 0 Å². The molecule has 1 N–H and O–H groups in total. The van der Waals surface area contributed by atoms with Gasteiger partial charge in [0.15, 0.2) is 11.6 Å². The Morgan fingerprint density at radius 1 is 0.742 bits per heavy atom. The molecule has 0 saturated heterocycles. The molecule has 158 valence electrons. The van der Waals surface area contributed by atoms with Gasteiger partial charge in [-0.3, -0.25) is 0 Å². The number of nitrogens with zero attached hydrogens (tertiary/aromatic N) is 1. The fourth-order valence-electron chi connectivity index (χ4n) is 4.05. The molecule has 4 heteroatoms. The predicted octanol–water partition coefficient (Wildman–Crippen LogP) is 4.91. The molecule has 3 aromatic carbocycles. The normalized spacial score (nSPS) is 12.1. The molecule has 1 unspecified atom stereocenters. The van der Waals surface area contributed by atoms with Crippen LogP contribution in [0.3, 0.4) is 0 Å². The maximum Gasteiger partial charge on any atom is 0.167 e. The first-order chi connectivity index (χ1) is 15.1. The minimum atomic E-state index is -0.792. The fourth-order valence-corrected chi connectivity index (χ4v) is 4.05. The monoisotopic (exact) mass is 417 g/mol. The summed E-state index contributed by atoms with van der Waals surface area (Å²) in [6.45, 7) is 4.74. The Balaban J connectivity index is 1.57. The molecule has 0 aliphatic carbocycles.